The average Bonchev–Trinajstić information content (AvgIpc) is 3.11. The summed E-state index contributed by atoms with van der Waals surface area (Å²) < 4.78 is 24.4. The first-order valence-electron chi connectivity index (χ1n) is 15.1. The summed E-state index contributed by atoms with van der Waals surface area (Å²) in [5.74, 6) is 2.24. The molecule has 0 radical (unpaired) electrons. The molecule has 2 heterocycles. The lowest BCUT2D eigenvalue weighted by Gasteiger charge is -2.37. The molecule has 1 atom stereocenters. The van der Waals surface area contributed by atoms with Crippen molar-refractivity contribution >= 4 is 44.1 Å². The van der Waals surface area contributed by atoms with Crippen molar-refractivity contribution in [1.29, 1.82) is 0 Å². The number of ether oxygens (including phenoxy) is 4. The lowest BCUT2D eigenvalue weighted by molar-refractivity contribution is 0.122. The van der Waals surface area contributed by atoms with Crippen molar-refractivity contribution in [2.24, 2.45) is 0 Å². The maximum Gasteiger partial charge on any atom is 0.178 e. The topological polar surface area (TPSA) is 40.2 Å². The highest BCUT2D eigenvalue weighted by molar-refractivity contribution is 6.27. The minimum absolute atomic E-state index is 0.708. The highest BCUT2D eigenvalue weighted by atomic mass is 16.5. The monoisotopic (exact) mass is 579 g/mol. The van der Waals surface area contributed by atoms with Crippen molar-refractivity contribution in [2.75, 3.05) is 45.4 Å². The lowest BCUT2D eigenvalue weighted by Crippen LogP contribution is -2.36. The van der Waals surface area contributed by atoms with E-state index in [0.717, 1.165) is 65.3 Å². The molecule has 44 heavy (non-hydrogen) atoms. The van der Waals surface area contributed by atoms with Crippen LogP contribution in [-0.4, -0.2) is 40.5 Å². The Morgan fingerprint density at radius 3 is 1.89 bits per heavy atom. The van der Waals surface area contributed by atoms with Crippen LogP contribution in [0.2, 0.25) is 0 Å². The zero-order valence-corrected chi connectivity index (χ0v) is 24.9. The van der Waals surface area contributed by atoms with Crippen molar-refractivity contribution < 1.29 is 18.9 Å². The summed E-state index contributed by atoms with van der Waals surface area (Å²) in [5.41, 5.74) is 3.37. The van der Waals surface area contributed by atoms with Crippen LogP contribution in [0, 0.1) is 0 Å². The predicted molar refractivity (Wildman–Crippen MR) is 178 cm³/mol. The van der Waals surface area contributed by atoms with Gasteiger partial charge in [-0.1, -0.05) is 72.8 Å². The van der Waals surface area contributed by atoms with Gasteiger partial charge in [0, 0.05) is 40.9 Å². The number of methoxy groups -OCH3 is 2. The van der Waals surface area contributed by atoms with Crippen LogP contribution < -0.4 is 19.1 Å². The summed E-state index contributed by atoms with van der Waals surface area (Å²) in [4.78, 5) is 2.37. The van der Waals surface area contributed by atoms with Crippen molar-refractivity contribution in [1.82, 2.24) is 0 Å². The summed E-state index contributed by atoms with van der Waals surface area (Å²) in [5, 5.41) is 7.15. The Morgan fingerprint density at radius 1 is 0.659 bits per heavy atom. The van der Waals surface area contributed by atoms with Crippen molar-refractivity contribution in [3.05, 3.63) is 126 Å². The molecule has 1 fully saturated rings. The van der Waals surface area contributed by atoms with Crippen LogP contribution in [0.3, 0.4) is 0 Å². The molecule has 0 aromatic heterocycles. The molecular weight excluding hydrogens is 546 g/mol. The SMILES string of the molecule is COc1ccc(C2(c3ccc(N4CCOCC4)cc3)C=Cc3c(c(OC)cc4c5ccccc5c5ccccc5c34)O2)cc1. The smallest absolute Gasteiger partial charge is 0.178 e. The number of fused-ring (bicyclic) bond motifs is 8. The Kier molecular flexibility index (Phi) is 6.42. The molecule has 0 spiro atoms. The average molecular weight is 580 g/mol. The normalized spacial score (nSPS) is 17.9. The quantitative estimate of drug-likeness (QED) is 0.192. The molecule has 0 N–H and O–H groups in total. The van der Waals surface area contributed by atoms with Gasteiger partial charge in [-0.2, -0.15) is 0 Å². The van der Waals surface area contributed by atoms with E-state index in [2.05, 4.69) is 108 Å². The highest BCUT2D eigenvalue weighted by Gasteiger charge is 2.39. The van der Waals surface area contributed by atoms with Crippen LogP contribution in [-0.2, 0) is 10.3 Å². The van der Waals surface area contributed by atoms with Crippen LogP contribution in [0.15, 0.2) is 109 Å². The fourth-order valence-corrected chi connectivity index (χ4v) is 6.92. The predicted octanol–water partition coefficient (Wildman–Crippen LogP) is 8.35. The largest absolute Gasteiger partial charge is 0.497 e. The number of hydrogen-bond donors (Lipinski definition) is 0. The van der Waals surface area contributed by atoms with Crippen molar-refractivity contribution in [3.8, 4) is 17.2 Å². The van der Waals surface area contributed by atoms with Crippen LogP contribution in [0.1, 0.15) is 16.7 Å². The lowest BCUT2D eigenvalue weighted by atomic mass is 9.82. The van der Waals surface area contributed by atoms with Gasteiger partial charge in [0.1, 0.15) is 5.75 Å². The first kappa shape index (κ1) is 26.6. The highest BCUT2D eigenvalue weighted by Crippen LogP contribution is 2.51. The van der Waals surface area contributed by atoms with E-state index >= 15 is 0 Å². The van der Waals surface area contributed by atoms with E-state index < -0.39 is 5.60 Å². The maximum atomic E-state index is 7.26. The Bertz CT molecular complexity index is 2040. The zero-order valence-electron chi connectivity index (χ0n) is 24.9. The Hall–Kier alpha value is -5.00. The fraction of sp³-hybridized carbons (Fsp3) is 0.179. The maximum absolute atomic E-state index is 7.26. The van der Waals surface area contributed by atoms with E-state index in [0.29, 0.717) is 5.75 Å². The molecule has 5 heteroatoms. The van der Waals surface area contributed by atoms with Gasteiger partial charge in [-0.15, -0.1) is 0 Å². The van der Waals surface area contributed by atoms with E-state index in [-0.39, 0.29) is 0 Å². The molecule has 0 aliphatic carbocycles. The molecule has 6 aromatic rings. The number of rotatable bonds is 5. The molecule has 6 aromatic carbocycles. The number of benzene rings is 6. The van der Waals surface area contributed by atoms with Crippen LogP contribution in [0.25, 0.3) is 38.4 Å². The molecule has 0 amide bonds. The minimum Gasteiger partial charge on any atom is -0.497 e. The minimum atomic E-state index is -0.879. The van der Waals surface area contributed by atoms with Crippen molar-refractivity contribution in [2.45, 2.75) is 5.60 Å². The van der Waals surface area contributed by atoms with Crippen LogP contribution >= 0.6 is 0 Å². The van der Waals surface area contributed by atoms with E-state index in [1.54, 1.807) is 14.2 Å². The second kappa shape index (κ2) is 10.6. The third-order valence-corrected chi connectivity index (χ3v) is 9.15. The zero-order chi connectivity index (χ0) is 29.7. The fourth-order valence-electron chi connectivity index (χ4n) is 6.92. The Morgan fingerprint density at radius 2 is 1.25 bits per heavy atom. The number of nitrogens with zero attached hydrogens (tertiary/aromatic N) is 1. The molecule has 2 aliphatic heterocycles. The van der Waals surface area contributed by atoms with Crippen LogP contribution in [0.5, 0.6) is 17.2 Å². The van der Waals surface area contributed by atoms with Crippen LogP contribution in [0.4, 0.5) is 5.69 Å². The molecule has 0 saturated carbocycles. The molecule has 0 bridgehead atoms. The second-order valence-corrected chi connectivity index (χ2v) is 11.4. The van der Waals surface area contributed by atoms with E-state index in [1.807, 2.05) is 12.1 Å². The number of anilines is 1. The summed E-state index contributed by atoms with van der Waals surface area (Å²) in [6.07, 6.45) is 4.43. The van der Waals surface area contributed by atoms with Gasteiger partial charge in [-0.3, -0.25) is 0 Å². The van der Waals surface area contributed by atoms with Crippen molar-refractivity contribution in [3.63, 3.8) is 0 Å². The van der Waals surface area contributed by atoms with E-state index in [1.165, 1.54) is 27.2 Å². The summed E-state index contributed by atoms with van der Waals surface area (Å²) in [6, 6.07) is 36.3. The first-order valence-corrected chi connectivity index (χ1v) is 15.1. The van der Waals surface area contributed by atoms with Gasteiger partial charge in [-0.05, 0) is 69.4 Å². The summed E-state index contributed by atoms with van der Waals surface area (Å²) in [6.45, 7) is 3.27. The van der Waals surface area contributed by atoms with Gasteiger partial charge in [0.2, 0.25) is 0 Å². The third-order valence-electron chi connectivity index (χ3n) is 9.15. The van der Waals surface area contributed by atoms with Gasteiger partial charge in [-0.25, -0.2) is 0 Å². The molecule has 8 rings (SSSR count). The third kappa shape index (κ3) is 4.11. The molecule has 5 nitrogen and oxygen atoms in total. The van der Waals surface area contributed by atoms with Gasteiger partial charge in [0.25, 0.3) is 0 Å². The van der Waals surface area contributed by atoms with E-state index in [9.17, 15) is 0 Å². The van der Waals surface area contributed by atoms with Gasteiger partial charge < -0.3 is 23.8 Å². The molecule has 218 valence electrons. The Balaban J connectivity index is 1.36. The van der Waals surface area contributed by atoms with E-state index in [4.69, 9.17) is 18.9 Å². The molecular formula is C39H33NO4. The van der Waals surface area contributed by atoms with Gasteiger partial charge in [0.05, 0.1) is 27.4 Å². The summed E-state index contributed by atoms with van der Waals surface area (Å²) in [7, 11) is 3.41. The Labute approximate surface area is 256 Å². The number of hydrogen-bond acceptors (Lipinski definition) is 5. The van der Waals surface area contributed by atoms with Gasteiger partial charge >= 0.3 is 0 Å². The second-order valence-electron chi connectivity index (χ2n) is 11.4. The summed E-state index contributed by atoms with van der Waals surface area (Å²) >= 11 is 0. The standard InChI is InChI=1S/C39H33NO4/c1-41-29-17-13-27(14-18-29)39(26-11-15-28(16-12-26)40-21-23-43-24-22-40)20-19-34-37-33-10-6-5-8-31(33)30-7-3-4-9-32(30)35(37)25-36(42-2)38(34)44-39/h3-20,25H,21-24H2,1-2H3. The first-order chi connectivity index (χ1) is 21.7. The number of morpholine rings is 1. The molecule has 2 aliphatic rings. The molecule has 1 unspecified atom stereocenters. The molecule has 1 saturated heterocycles. The van der Waals surface area contributed by atoms with Gasteiger partial charge in [0.15, 0.2) is 17.1 Å².